The van der Waals surface area contributed by atoms with Crippen molar-refractivity contribution in [3.05, 3.63) is 100 Å². The molecule has 3 aromatic rings. The molecule has 0 fully saturated rings. The van der Waals surface area contributed by atoms with Crippen molar-refractivity contribution in [1.82, 2.24) is 10.2 Å². The molecular weight excluding hydrogens is 472 g/mol. The second kappa shape index (κ2) is 12.1. The number of nitrogens with zero attached hydrogens (tertiary/aromatic N) is 1. The monoisotopic (exact) mass is 506 g/mol. The first-order valence-electron chi connectivity index (χ1n) is 12.1. The van der Waals surface area contributed by atoms with Crippen LogP contribution in [0.1, 0.15) is 43.0 Å². The molecule has 0 saturated carbocycles. The minimum atomic E-state index is -0.725. The normalized spacial score (nSPS) is 12.1. The molecule has 1 N–H and O–H groups in total. The van der Waals surface area contributed by atoms with Gasteiger partial charge in [-0.25, -0.2) is 0 Å². The van der Waals surface area contributed by atoms with E-state index in [1.807, 2.05) is 95.3 Å². The second-order valence-corrected chi connectivity index (χ2v) is 10.6. The van der Waals surface area contributed by atoms with Crippen LogP contribution in [0.3, 0.4) is 0 Å². The topological polar surface area (TPSA) is 58.6 Å². The molecule has 0 spiro atoms. The van der Waals surface area contributed by atoms with E-state index >= 15 is 0 Å². The number of rotatable bonds is 9. The number of halogens is 1. The Bertz CT molecular complexity index is 1170. The highest BCUT2D eigenvalue weighted by atomic mass is 35.5. The number of hydrogen-bond donors (Lipinski definition) is 1. The quantitative estimate of drug-likeness (QED) is 0.393. The molecule has 6 heteroatoms. The van der Waals surface area contributed by atoms with Gasteiger partial charge in [-0.2, -0.15) is 0 Å². The molecule has 0 aromatic heterocycles. The Kier molecular flexibility index (Phi) is 9.16. The van der Waals surface area contributed by atoms with Crippen molar-refractivity contribution in [1.29, 1.82) is 0 Å². The largest absolute Gasteiger partial charge is 0.483 e. The molecule has 0 aliphatic heterocycles. The van der Waals surface area contributed by atoms with Crippen LogP contribution in [0.2, 0.25) is 5.02 Å². The van der Waals surface area contributed by atoms with Crippen LogP contribution in [0.5, 0.6) is 5.75 Å². The predicted octanol–water partition coefficient (Wildman–Crippen LogP) is 5.89. The Morgan fingerprint density at radius 1 is 0.944 bits per heavy atom. The average molecular weight is 507 g/mol. The van der Waals surface area contributed by atoms with Gasteiger partial charge in [-0.1, -0.05) is 66.2 Å². The summed E-state index contributed by atoms with van der Waals surface area (Å²) in [6, 6.07) is 22.2. The van der Waals surface area contributed by atoms with Crippen molar-refractivity contribution >= 4 is 23.4 Å². The fourth-order valence-electron chi connectivity index (χ4n) is 3.88. The molecular formula is C30H35ClN2O3. The van der Waals surface area contributed by atoms with Gasteiger partial charge < -0.3 is 15.0 Å². The molecule has 5 nitrogen and oxygen atoms in total. The van der Waals surface area contributed by atoms with Crippen LogP contribution >= 0.6 is 11.6 Å². The lowest BCUT2D eigenvalue weighted by Crippen LogP contribution is -2.55. The van der Waals surface area contributed by atoms with Gasteiger partial charge in [0.15, 0.2) is 6.61 Å². The van der Waals surface area contributed by atoms with Gasteiger partial charge in [0.2, 0.25) is 5.91 Å². The molecule has 0 heterocycles. The molecule has 0 bridgehead atoms. The van der Waals surface area contributed by atoms with E-state index < -0.39 is 11.6 Å². The molecule has 36 heavy (non-hydrogen) atoms. The third kappa shape index (κ3) is 8.13. The van der Waals surface area contributed by atoms with Gasteiger partial charge in [-0.05, 0) is 75.1 Å². The van der Waals surface area contributed by atoms with Crippen LogP contribution in [0, 0.1) is 13.8 Å². The standard InChI is InChI=1S/C30H35ClN2O3/c1-21-11-12-22(2)27(17-21)36-20-28(34)33(19-24-13-15-25(31)16-14-24)26(29(35)32-30(3,4)5)18-23-9-7-6-8-10-23/h6-17,26H,18-20H2,1-5H3,(H,32,35)/t26-/m0/s1. The van der Waals surface area contributed by atoms with Gasteiger partial charge in [-0.3, -0.25) is 9.59 Å². The first-order chi connectivity index (χ1) is 17.0. The molecule has 190 valence electrons. The molecule has 0 radical (unpaired) electrons. The van der Waals surface area contributed by atoms with E-state index in [0.717, 1.165) is 22.3 Å². The number of ether oxygens (including phenoxy) is 1. The fraction of sp³-hybridized carbons (Fsp3) is 0.333. The third-order valence-corrected chi connectivity index (χ3v) is 5.98. The Labute approximate surface area is 219 Å². The van der Waals surface area contributed by atoms with E-state index in [2.05, 4.69) is 5.32 Å². The maximum Gasteiger partial charge on any atom is 0.261 e. The molecule has 2 amide bonds. The summed E-state index contributed by atoms with van der Waals surface area (Å²) in [6.07, 6.45) is 0.381. The summed E-state index contributed by atoms with van der Waals surface area (Å²) in [5.74, 6) is 0.185. The number of carbonyl (C=O) groups excluding carboxylic acids is 2. The van der Waals surface area contributed by atoms with E-state index in [4.69, 9.17) is 16.3 Å². The summed E-state index contributed by atoms with van der Waals surface area (Å²) in [4.78, 5) is 28.9. The minimum Gasteiger partial charge on any atom is -0.483 e. The van der Waals surface area contributed by atoms with Crippen molar-refractivity contribution in [2.45, 2.75) is 59.2 Å². The summed E-state index contributed by atoms with van der Waals surface area (Å²) >= 11 is 6.08. The Morgan fingerprint density at radius 2 is 1.61 bits per heavy atom. The number of carbonyl (C=O) groups is 2. The van der Waals surface area contributed by atoms with Gasteiger partial charge in [0.05, 0.1) is 0 Å². The van der Waals surface area contributed by atoms with Crippen molar-refractivity contribution in [3.8, 4) is 5.75 Å². The van der Waals surface area contributed by atoms with Crippen LogP contribution in [0.25, 0.3) is 0 Å². The van der Waals surface area contributed by atoms with Crippen LogP contribution < -0.4 is 10.1 Å². The summed E-state index contributed by atoms with van der Waals surface area (Å²) in [7, 11) is 0. The van der Waals surface area contributed by atoms with Crippen molar-refractivity contribution in [2.75, 3.05) is 6.61 Å². The van der Waals surface area contributed by atoms with Crippen molar-refractivity contribution in [2.24, 2.45) is 0 Å². The Morgan fingerprint density at radius 3 is 2.25 bits per heavy atom. The van der Waals surface area contributed by atoms with Crippen LogP contribution in [-0.4, -0.2) is 34.9 Å². The molecule has 0 saturated heterocycles. The smallest absolute Gasteiger partial charge is 0.261 e. The first kappa shape index (κ1) is 27.3. The summed E-state index contributed by atoms with van der Waals surface area (Å²) in [5, 5.41) is 3.68. The van der Waals surface area contributed by atoms with Gasteiger partial charge in [0.25, 0.3) is 5.91 Å². The molecule has 0 unspecified atom stereocenters. The lowest BCUT2D eigenvalue weighted by atomic mass is 10.0. The molecule has 3 rings (SSSR count). The predicted molar refractivity (Wildman–Crippen MR) is 145 cm³/mol. The molecule has 0 aliphatic rings. The fourth-order valence-corrected chi connectivity index (χ4v) is 4.00. The lowest BCUT2D eigenvalue weighted by Gasteiger charge is -2.33. The third-order valence-electron chi connectivity index (χ3n) is 5.73. The maximum absolute atomic E-state index is 13.7. The highest BCUT2D eigenvalue weighted by Gasteiger charge is 2.32. The van der Waals surface area contributed by atoms with E-state index in [0.29, 0.717) is 17.2 Å². The van der Waals surface area contributed by atoms with Crippen LogP contribution in [0.15, 0.2) is 72.8 Å². The van der Waals surface area contributed by atoms with E-state index in [-0.39, 0.29) is 25.0 Å². The van der Waals surface area contributed by atoms with E-state index in [9.17, 15) is 9.59 Å². The van der Waals surface area contributed by atoms with Gasteiger partial charge in [-0.15, -0.1) is 0 Å². The van der Waals surface area contributed by atoms with Crippen LogP contribution in [-0.2, 0) is 22.6 Å². The molecule has 0 aliphatic carbocycles. The SMILES string of the molecule is Cc1ccc(C)c(OCC(=O)N(Cc2ccc(Cl)cc2)[C@@H](Cc2ccccc2)C(=O)NC(C)(C)C)c1. The summed E-state index contributed by atoms with van der Waals surface area (Å²) < 4.78 is 5.95. The highest BCUT2D eigenvalue weighted by Crippen LogP contribution is 2.21. The molecule has 1 atom stereocenters. The average Bonchev–Trinajstić information content (AvgIpc) is 2.82. The van der Waals surface area contributed by atoms with Gasteiger partial charge >= 0.3 is 0 Å². The number of hydrogen-bond acceptors (Lipinski definition) is 3. The second-order valence-electron chi connectivity index (χ2n) is 10.2. The number of nitrogens with one attached hydrogen (secondary N) is 1. The van der Waals surface area contributed by atoms with Crippen molar-refractivity contribution in [3.63, 3.8) is 0 Å². The van der Waals surface area contributed by atoms with Crippen LogP contribution in [0.4, 0.5) is 0 Å². The number of aryl methyl sites for hydroxylation is 2. The first-order valence-corrected chi connectivity index (χ1v) is 12.5. The zero-order valence-corrected chi connectivity index (χ0v) is 22.4. The lowest BCUT2D eigenvalue weighted by molar-refractivity contribution is -0.143. The maximum atomic E-state index is 13.7. The highest BCUT2D eigenvalue weighted by molar-refractivity contribution is 6.30. The summed E-state index contributed by atoms with van der Waals surface area (Å²) in [5.41, 5.74) is 3.39. The van der Waals surface area contributed by atoms with E-state index in [1.165, 1.54) is 0 Å². The van der Waals surface area contributed by atoms with Gasteiger partial charge in [0, 0.05) is 23.5 Å². The van der Waals surface area contributed by atoms with Gasteiger partial charge in [0.1, 0.15) is 11.8 Å². The summed E-state index contributed by atoms with van der Waals surface area (Å²) in [6.45, 7) is 9.79. The Hall–Kier alpha value is -3.31. The van der Waals surface area contributed by atoms with Crippen molar-refractivity contribution < 1.29 is 14.3 Å². The number of amides is 2. The zero-order chi connectivity index (χ0) is 26.3. The number of benzene rings is 3. The molecule has 3 aromatic carbocycles. The van der Waals surface area contributed by atoms with E-state index in [1.54, 1.807) is 17.0 Å². The minimum absolute atomic E-state index is 0.175. The zero-order valence-electron chi connectivity index (χ0n) is 21.7. The Balaban J connectivity index is 1.94.